The molecule has 0 unspecified atom stereocenters. The van der Waals surface area contributed by atoms with Crippen LogP contribution in [0, 0.1) is 17.2 Å². The van der Waals surface area contributed by atoms with Gasteiger partial charge in [0.15, 0.2) is 0 Å². The van der Waals surface area contributed by atoms with Crippen molar-refractivity contribution in [3.8, 4) is 6.07 Å². The average molecular weight is 324 g/mol. The molecule has 24 heavy (non-hydrogen) atoms. The van der Waals surface area contributed by atoms with Gasteiger partial charge in [0.1, 0.15) is 6.10 Å². The van der Waals surface area contributed by atoms with Crippen LogP contribution < -0.4 is 0 Å². The Balaban J connectivity index is 1.36. The number of hydrogen-bond acceptors (Lipinski definition) is 4. The summed E-state index contributed by atoms with van der Waals surface area (Å²) in [5.41, 5.74) is 1.81. The molecule has 0 aromatic heterocycles. The van der Waals surface area contributed by atoms with Crippen molar-refractivity contribution in [2.75, 3.05) is 19.6 Å². The second-order valence-electron chi connectivity index (χ2n) is 6.77. The van der Waals surface area contributed by atoms with E-state index in [9.17, 15) is 4.79 Å². The van der Waals surface area contributed by atoms with Gasteiger partial charge in [0.05, 0.1) is 11.6 Å². The molecule has 126 valence electrons. The topological polar surface area (TPSA) is 53.3 Å². The van der Waals surface area contributed by atoms with E-state index in [0.717, 1.165) is 50.9 Å². The molecule has 0 bridgehead atoms. The van der Waals surface area contributed by atoms with Crippen molar-refractivity contribution >= 4 is 12.0 Å². The summed E-state index contributed by atoms with van der Waals surface area (Å²) in [7, 11) is 0. The third kappa shape index (κ3) is 5.21. The molecule has 1 heterocycles. The normalized spacial score (nSPS) is 19.3. The van der Waals surface area contributed by atoms with Gasteiger partial charge >= 0.3 is 5.97 Å². The Morgan fingerprint density at radius 2 is 1.92 bits per heavy atom. The molecule has 2 aliphatic rings. The van der Waals surface area contributed by atoms with Gasteiger partial charge in [-0.3, -0.25) is 9.69 Å². The molecule has 1 saturated carbocycles. The van der Waals surface area contributed by atoms with Gasteiger partial charge in [-0.2, -0.15) is 5.26 Å². The highest BCUT2D eigenvalue weighted by molar-refractivity contribution is 5.70. The zero-order valence-corrected chi connectivity index (χ0v) is 14.0. The van der Waals surface area contributed by atoms with E-state index in [1.165, 1.54) is 0 Å². The van der Waals surface area contributed by atoms with Crippen LogP contribution in [0.4, 0.5) is 0 Å². The Labute approximate surface area is 143 Å². The highest BCUT2D eigenvalue weighted by Crippen LogP contribution is 2.26. The third-order valence-corrected chi connectivity index (χ3v) is 4.70. The Hall–Kier alpha value is -2.12. The predicted molar refractivity (Wildman–Crippen MR) is 93.1 cm³/mol. The summed E-state index contributed by atoms with van der Waals surface area (Å²) in [6.07, 6.45) is 9.33. The summed E-state index contributed by atoms with van der Waals surface area (Å²) in [4.78, 5) is 14.2. The Bertz CT molecular complexity index is 618. The van der Waals surface area contributed by atoms with Crippen molar-refractivity contribution in [3.05, 3.63) is 41.5 Å². The molecule has 0 radical (unpaired) electrons. The summed E-state index contributed by atoms with van der Waals surface area (Å²) >= 11 is 0. The Morgan fingerprint density at radius 1 is 1.21 bits per heavy atom. The fourth-order valence-electron chi connectivity index (χ4n) is 3.04. The monoisotopic (exact) mass is 324 g/mol. The molecule has 1 aliphatic heterocycles. The van der Waals surface area contributed by atoms with Gasteiger partial charge in [0.2, 0.25) is 0 Å². The van der Waals surface area contributed by atoms with Gasteiger partial charge in [-0.25, -0.2) is 0 Å². The van der Waals surface area contributed by atoms with E-state index in [2.05, 4.69) is 23.1 Å². The summed E-state index contributed by atoms with van der Waals surface area (Å²) in [5, 5.41) is 8.79. The fraction of sp³-hybridized carbons (Fsp3) is 0.500. The molecule has 0 N–H and O–H groups in total. The molecule has 0 atom stereocenters. The van der Waals surface area contributed by atoms with Crippen LogP contribution >= 0.6 is 0 Å². The van der Waals surface area contributed by atoms with E-state index in [0.29, 0.717) is 17.9 Å². The molecule has 0 spiro atoms. The first-order valence-corrected chi connectivity index (χ1v) is 8.81. The summed E-state index contributed by atoms with van der Waals surface area (Å²) in [6.45, 7) is 3.01. The van der Waals surface area contributed by atoms with Gasteiger partial charge in [0, 0.05) is 13.0 Å². The second-order valence-corrected chi connectivity index (χ2v) is 6.77. The zero-order chi connectivity index (χ0) is 16.8. The first kappa shape index (κ1) is 16.7. The number of carbonyl (C=O) groups excluding carboxylic acids is 1. The number of piperidine rings is 1. The smallest absolute Gasteiger partial charge is 0.306 e. The highest BCUT2D eigenvalue weighted by Gasteiger charge is 2.28. The minimum atomic E-state index is -0.00309. The molecule has 1 aromatic rings. The molecule has 3 rings (SSSR count). The largest absolute Gasteiger partial charge is 0.462 e. The number of likely N-dealkylation sites (tertiary alicyclic amines) is 1. The van der Waals surface area contributed by atoms with E-state index in [1.807, 2.05) is 24.3 Å². The number of carbonyl (C=O) groups is 1. The third-order valence-electron chi connectivity index (χ3n) is 4.70. The lowest BCUT2D eigenvalue weighted by Gasteiger charge is -2.30. The van der Waals surface area contributed by atoms with Gasteiger partial charge in [-0.15, -0.1) is 0 Å². The van der Waals surface area contributed by atoms with Crippen molar-refractivity contribution in [1.82, 2.24) is 4.90 Å². The minimum Gasteiger partial charge on any atom is -0.462 e. The van der Waals surface area contributed by atoms with E-state index in [-0.39, 0.29) is 12.1 Å². The molecule has 1 aliphatic carbocycles. The van der Waals surface area contributed by atoms with Gasteiger partial charge < -0.3 is 4.74 Å². The maximum atomic E-state index is 11.8. The number of hydrogen-bond donors (Lipinski definition) is 0. The van der Waals surface area contributed by atoms with Crippen LogP contribution in [-0.4, -0.2) is 36.6 Å². The van der Waals surface area contributed by atoms with E-state index in [1.54, 1.807) is 0 Å². The highest BCUT2D eigenvalue weighted by atomic mass is 16.5. The van der Waals surface area contributed by atoms with Crippen LogP contribution in [0.3, 0.4) is 0 Å². The average Bonchev–Trinajstić information content (AvgIpc) is 3.41. The standard InChI is InChI=1S/C20H24N2O2/c21-15-18-5-3-16(4-6-18)2-1-11-22-12-9-17(10-13-22)14-20(23)24-19-7-8-19/h1-6,17,19H,7-14H2/b2-1+. The van der Waals surface area contributed by atoms with Gasteiger partial charge in [-0.05, 0) is 62.4 Å². The number of esters is 1. The van der Waals surface area contributed by atoms with E-state index >= 15 is 0 Å². The van der Waals surface area contributed by atoms with E-state index < -0.39 is 0 Å². The van der Waals surface area contributed by atoms with Crippen LogP contribution in [0.15, 0.2) is 30.3 Å². The van der Waals surface area contributed by atoms with Crippen LogP contribution in [-0.2, 0) is 9.53 Å². The van der Waals surface area contributed by atoms with Crippen molar-refractivity contribution < 1.29 is 9.53 Å². The Kier molecular flexibility index (Phi) is 5.66. The van der Waals surface area contributed by atoms with Gasteiger partial charge in [-0.1, -0.05) is 24.3 Å². The zero-order valence-electron chi connectivity index (χ0n) is 14.0. The van der Waals surface area contributed by atoms with Gasteiger partial charge in [0.25, 0.3) is 0 Å². The van der Waals surface area contributed by atoms with Crippen molar-refractivity contribution in [2.24, 2.45) is 5.92 Å². The van der Waals surface area contributed by atoms with Crippen LogP contribution in [0.2, 0.25) is 0 Å². The quantitative estimate of drug-likeness (QED) is 0.753. The second kappa shape index (κ2) is 8.12. The predicted octanol–water partition coefficient (Wildman–Crippen LogP) is 3.38. The number of ether oxygens (including phenoxy) is 1. The lowest BCUT2D eigenvalue weighted by Crippen LogP contribution is -2.34. The molecule has 0 amide bonds. The molecule has 1 saturated heterocycles. The lowest BCUT2D eigenvalue weighted by molar-refractivity contribution is -0.146. The first-order chi connectivity index (χ1) is 11.7. The maximum absolute atomic E-state index is 11.8. The molecule has 1 aromatic carbocycles. The molecule has 4 nitrogen and oxygen atoms in total. The van der Waals surface area contributed by atoms with Crippen LogP contribution in [0.25, 0.3) is 6.08 Å². The van der Waals surface area contributed by atoms with Crippen molar-refractivity contribution in [3.63, 3.8) is 0 Å². The number of nitriles is 1. The maximum Gasteiger partial charge on any atom is 0.306 e. The first-order valence-electron chi connectivity index (χ1n) is 8.81. The lowest BCUT2D eigenvalue weighted by atomic mass is 9.93. The molecular formula is C20H24N2O2. The van der Waals surface area contributed by atoms with Crippen molar-refractivity contribution in [1.29, 1.82) is 5.26 Å². The number of rotatable bonds is 6. The number of benzene rings is 1. The SMILES string of the molecule is N#Cc1ccc(/C=C/CN2CCC(CC(=O)OC3CC3)CC2)cc1. The van der Waals surface area contributed by atoms with Crippen LogP contribution in [0.1, 0.15) is 43.2 Å². The molecular weight excluding hydrogens is 300 g/mol. The number of nitrogens with zero attached hydrogens (tertiary/aromatic N) is 2. The summed E-state index contributed by atoms with van der Waals surface area (Å²) < 4.78 is 5.34. The van der Waals surface area contributed by atoms with Crippen molar-refractivity contribution in [2.45, 2.75) is 38.2 Å². The fourth-order valence-corrected chi connectivity index (χ4v) is 3.04. The molecule has 4 heteroatoms. The van der Waals surface area contributed by atoms with E-state index in [4.69, 9.17) is 10.00 Å². The van der Waals surface area contributed by atoms with Crippen LogP contribution in [0.5, 0.6) is 0 Å². The minimum absolute atomic E-state index is 0.00309. The Morgan fingerprint density at radius 3 is 2.54 bits per heavy atom. The molecule has 2 fully saturated rings. The summed E-state index contributed by atoms with van der Waals surface area (Å²) in [5.74, 6) is 0.478. The summed E-state index contributed by atoms with van der Waals surface area (Å²) in [6, 6.07) is 9.74.